The molecule has 0 atom stereocenters. The Hall–Kier alpha value is -1.95. The Morgan fingerprint density at radius 2 is 1.57 bits per heavy atom. The van der Waals surface area contributed by atoms with Crippen LogP contribution in [-0.2, 0) is 6.18 Å². The van der Waals surface area contributed by atoms with Crippen molar-refractivity contribution >= 4 is 22.9 Å². The largest absolute Gasteiger partial charge is 0.416 e. The second-order valence-electron chi connectivity index (χ2n) is 4.40. The van der Waals surface area contributed by atoms with Crippen molar-refractivity contribution < 1.29 is 22.8 Å². The molecule has 1 aromatic carbocycles. The van der Waals surface area contributed by atoms with E-state index in [-0.39, 0.29) is 30.0 Å². The summed E-state index contributed by atoms with van der Waals surface area (Å²) in [5.74, 6) is -0.473. The Morgan fingerprint density at radius 3 is 2.10 bits per heavy atom. The van der Waals surface area contributed by atoms with Crippen LogP contribution in [-0.4, -0.2) is 11.6 Å². The maximum atomic E-state index is 12.4. The van der Waals surface area contributed by atoms with Crippen LogP contribution in [0.3, 0.4) is 0 Å². The van der Waals surface area contributed by atoms with E-state index in [0.29, 0.717) is 4.88 Å². The number of hydrogen-bond donors (Lipinski definition) is 0. The smallest absolute Gasteiger partial charge is 0.294 e. The Kier molecular flexibility index (Phi) is 4.57. The standard InChI is InChI=1S/C15H11F3O2S/c16-15(17,18)11-5-3-10(4-6-11)12(19)7-8-13(20)14-2-1-9-21-14/h1-6,9H,7-8H2. The highest BCUT2D eigenvalue weighted by molar-refractivity contribution is 7.12. The van der Waals surface area contributed by atoms with Gasteiger partial charge in [-0.15, -0.1) is 11.3 Å². The van der Waals surface area contributed by atoms with Gasteiger partial charge in [-0.1, -0.05) is 18.2 Å². The fourth-order valence-corrected chi connectivity index (χ4v) is 2.47. The van der Waals surface area contributed by atoms with E-state index < -0.39 is 11.7 Å². The predicted octanol–water partition coefficient (Wildman–Crippen LogP) is 4.61. The van der Waals surface area contributed by atoms with E-state index in [9.17, 15) is 22.8 Å². The molecule has 0 aliphatic heterocycles. The van der Waals surface area contributed by atoms with Crippen LogP contribution in [0.1, 0.15) is 38.4 Å². The second kappa shape index (κ2) is 6.22. The van der Waals surface area contributed by atoms with Gasteiger partial charge < -0.3 is 0 Å². The van der Waals surface area contributed by atoms with Gasteiger partial charge in [-0.3, -0.25) is 9.59 Å². The molecule has 0 aliphatic rings. The fraction of sp³-hybridized carbons (Fsp3) is 0.200. The van der Waals surface area contributed by atoms with Crippen molar-refractivity contribution in [1.82, 2.24) is 0 Å². The average molecular weight is 312 g/mol. The molecule has 0 spiro atoms. The van der Waals surface area contributed by atoms with Crippen LogP contribution in [0, 0.1) is 0 Å². The number of hydrogen-bond acceptors (Lipinski definition) is 3. The van der Waals surface area contributed by atoms with Gasteiger partial charge in [-0.25, -0.2) is 0 Å². The highest BCUT2D eigenvalue weighted by atomic mass is 32.1. The Bertz CT molecular complexity index is 628. The minimum absolute atomic E-state index is 0.0118. The first-order chi connectivity index (χ1) is 9.88. The van der Waals surface area contributed by atoms with Crippen LogP contribution in [0.2, 0.25) is 0 Å². The van der Waals surface area contributed by atoms with Crippen molar-refractivity contribution in [3.8, 4) is 0 Å². The van der Waals surface area contributed by atoms with Crippen molar-refractivity contribution in [1.29, 1.82) is 0 Å². The molecule has 0 radical (unpaired) electrons. The average Bonchev–Trinajstić information content (AvgIpc) is 2.98. The first-order valence-electron chi connectivity index (χ1n) is 6.15. The maximum Gasteiger partial charge on any atom is 0.416 e. The first kappa shape index (κ1) is 15.4. The molecule has 0 saturated carbocycles. The third kappa shape index (κ3) is 4.01. The summed E-state index contributed by atoms with van der Waals surface area (Å²) in [6.45, 7) is 0. The molecule has 2 rings (SSSR count). The summed E-state index contributed by atoms with van der Waals surface area (Å²) in [5.41, 5.74) is -0.615. The molecule has 1 heterocycles. The summed E-state index contributed by atoms with van der Waals surface area (Å²) in [5, 5.41) is 1.77. The molecule has 2 aromatic rings. The van der Waals surface area contributed by atoms with Crippen LogP contribution in [0.25, 0.3) is 0 Å². The number of halogens is 3. The van der Waals surface area contributed by atoms with E-state index in [4.69, 9.17) is 0 Å². The Balaban J connectivity index is 1.96. The molecule has 21 heavy (non-hydrogen) atoms. The van der Waals surface area contributed by atoms with Gasteiger partial charge in [0.25, 0.3) is 0 Å². The third-order valence-corrected chi connectivity index (χ3v) is 3.82. The molecular formula is C15H11F3O2S. The van der Waals surface area contributed by atoms with Crippen molar-refractivity contribution in [2.24, 2.45) is 0 Å². The summed E-state index contributed by atoms with van der Waals surface area (Å²) in [6, 6.07) is 7.44. The van der Waals surface area contributed by atoms with Crippen LogP contribution < -0.4 is 0 Å². The molecule has 6 heteroatoms. The van der Waals surface area contributed by atoms with Crippen LogP contribution in [0.15, 0.2) is 41.8 Å². The number of carbonyl (C=O) groups excluding carboxylic acids is 2. The first-order valence-corrected chi connectivity index (χ1v) is 7.03. The Labute approximate surface area is 123 Å². The lowest BCUT2D eigenvalue weighted by molar-refractivity contribution is -0.137. The quantitative estimate of drug-likeness (QED) is 0.755. The number of benzene rings is 1. The molecule has 0 amide bonds. The van der Waals surface area contributed by atoms with Crippen molar-refractivity contribution in [2.75, 3.05) is 0 Å². The summed E-state index contributed by atoms with van der Waals surface area (Å²) in [7, 11) is 0. The van der Waals surface area contributed by atoms with Gasteiger partial charge in [0.1, 0.15) is 0 Å². The van der Waals surface area contributed by atoms with E-state index in [1.54, 1.807) is 17.5 Å². The zero-order chi connectivity index (χ0) is 15.5. The number of rotatable bonds is 5. The zero-order valence-electron chi connectivity index (χ0n) is 10.8. The van der Waals surface area contributed by atoms with Gasteiger partial charge in [0.2, 0.25) is 0 Å². The molecule has 2 nitrogen and oxygen atoms in total. The van der Waals surface area contributed by atoms with Gasteiger partial charge in [-0.2, -0.15) is 13.2 Å². The van der Waals surface area contributed by atoms with Crippen LogP contribution >= 0.6 is 11.3 Å². The van der Waals surface area contributed by atoms with Gasteiger partial charge >= 0.3 is 6.18 Å². The predicted molar refractivity (Wildman–Crippen MR) is 73.7 cm³/mol. The third-order valence-electron chi connectivity index (χ3n) is 2.91. The normalized spacial score (nSPS) is 11.4. The monoisotopic (exact) mass is 312 g/mol. The van der Waals surface area contributed by atoms with Crippen LogP contribution in [0.4, 0.5) is 13.2 Å². The number of Topliss-reactive ketones (excluding diaryl/α,β-unsaturated/α-hetero) is 2. The molecule has 0 fully saturated rings. The minimum Gasteiger partial charge on any atom is -0.294 e. The molecule has 1 aromatic heterocycles. The van der Waals surface area contributed by atoms with Gasteiger partial charge in [0.15, 0.2) is 11.6 Å². The summed E-state index contributed by atoms with van der Waals surface area (Å²) in [4.78, 5) is 24.2. The Morgan fingerprint density at radius 1 is 0.952 bits per heavy atom. The van der Waals surface area contributed by atoms with Crippen molar-refractivity contribution in [2.45, 2.75) is 19.0 Å². The molecule has 0 N–H and O–H groups in total. The highest BCUT2D eigenvalue weighted by Gasteiger charge is 2.30. The summed E-state index contributed by atoms with van der Waals surface area (Å²) < 4.78 is 37.2. The lowest BCUT2D eigenvalue weighted by Crippen LogP contribution is -2.07. The fourth-order valence-electron chi connectivity index (χ4n) is 1.78. The van der Waals surface area contributed by atoms with Gasteiger partial charge in [0.05, 0.1) is 10.4 Å². The molecular weight excluding hydrogens is 301 g/mol. The second-order valence-corrected chi connectivity index (χ2v) is 5.35. The van der Waals surface area contributed by atoms with Crippen LogP contribution in [0.5, 0.6) is 0 Å². The highest BCUT2D eigenvalue weighted by Crippen LogP contribution is 2.29. The number of thiophene rings is 1. The van der Waals surface area contributed by atoms with E-state index in [0.717, 1.165) is 24.3 Å². The zero-order valence-corrected chi connectivity index (χ0v) is 11.6. The number of alkyl halides is 3. The molecule has 0 unspecified atom stereocenters. The number of carbonyl (C=O) groups is 2. The summed E-state index contributed by atoms with van der Waals surface area (Å²) >= 11 is 1.30. The molecule has 0 saturated heterocycles. The van der Waals surface area contributed by atoms with E-state index in [1.165, 1.54) is 11.3 Å². The SMILES string of the molecule is O=C(CCC(=O)c1cccs1)c1ccc(C(F)(F)F)cc1. The van der Waals surface area contributed by atoms with Gasteiger partial charge in [-0.05, 0) is 23.6 Å². The lowest BCUT2D eigenvalue weighted by Gasteiger charge is -2.07. The van der Waals surface area contributed by atoms with Gasteiger partial charge in [0, 0.05) is 18.4 Å². The maximum absolute atomic E-state index is 12.4. The summed E-state index contributed by atoms with van der Waals surface area (Å²) in [6.07, 6.45) is -4.38. The molecule has 110 valence electrons. The van der Waals surface area contributed by atoms with E-state index >= 15 is 0 Å². The molecule has 0 bridgehead atoms. The number of ketones is 2. The lowest BCUT2D eigenvalue weighted by atomic mass is 10.0. The van der Waals surface area contributed by atoms with E-state index in [2.05, 4.69) is 0 Å². The molecule has 0 aliphatic carbocycles. The van der Waals surface area contributed by atoms with E-state index in [1.807, 2.05) is 0 Å². The topological polar surface area (TPSA) is 34.1 Å². The van der Waals surface area contributed by atoms with Crippen molar-refractivity contribution in [3.63, 3.8) is 0 Å². The van der Waals surface area contributed by atoms with Crippen molar-refractivity contribution in [3.05, 3.63) is 57.8 Å². The minimum atomic E-state index is -4.42.